The second-order valence-corrected chi connectivity index (χ2v) is 14.1. The Morgan fingerprint density at radius 3 is 2.38 bits per heavy atom. The summed E-state index contributed by atoms with van der Waals surface area (Å²) in [5.74, 6) is 0.422. The number of nitrogen functional groups attached to an aromatic ring is 1. The van der Waals surface area contributed by atoms with Gasteiger partial charge in [0.1, 0.15) is 5.60 Å². The van der Waals surface area contributed by atoms with Gasteiger partial charge in [0.25, 0.3) is 0 Å². The molecule has 11 nitrogen and oxygen atoms in total. The summed E-state index contributed by atoms with van der Waals surface area (Å²) in [6.07, 6.45) is 5.87. The van der Waals surface area contributed by atoms with E-state index in [1.54, 1.807) is 41.6 Å². The minimum absolute atomic E-state index is 0.165. The largest absolute Gasteiger partial charge is 0.444 e. The lowest BCUT2D eigenvalue weighted by Gasteiger charge is -2.33. The molecule has 0 aliphatic carbocycles. The van der Waals surface area contributed by atoms with Gasteiger partial charge in [-0.1, -0.05) is 17.4 Å². The molecule has 1 saturated heterocycles. The van der Waals surface area contributed by atoms with E-state index in [0.29, 0.717) is 42.7 Å². The van der Waals surface area contributed by atoms with E-state index >= 15 is 0 Å². The van der Waals surface area contributed by atoms with Crippen LogP contribution in [0.3, 0.4) is 0 Å². The van der Waals surface area contributed by atoms with Crippen LogP contribution in [0.4, 0.5) is 21.6 Å². The van der Waals surface area contributed by atoms with Crippen molar-refractivity contribution in [3.63, 3.8) is 0 Å². The molecule has 1 aliphatic heterocycles. The number of nitrogens with one attached hydrogen (secondary N) is 2. The SMILES string of the molecule is CC(C)(C)OC(=O)N1CCC(NS(=O)(=O)c2ccc(Nc3ncc(CCc4ccc5nc(N)sc5c4)cn3)cc2)CC1. The maximum Gasteiger partial charge on any atom is 0.410 e. The number of nitrogens with zero attached hydrogens (tertiary/aromatic N) is 4. The Morgan fingerprint density at radius 1 is 1.05 bits per heavy atom. The average molecular weight is 610 g/mol. The first-order chi connectivity index (χ1) is 19.9. The highest BCUT2D eigenvalue weighted by Gasteiger charge is 2.29. The minimum atomic E-state index is -3.71. The molecule has 0 bridgehead atoms. The lowest BCUT2D eigenvalue weighted by molar-refractivity contribution is 0.0203. The fourth-order valence-corrected chi connectivity index (χ4v) is 6.72. The summed E-state index contributed by atoms with van der Waals surface area (Å²) in [7, 11) is -3.71. The van der Waals surface area contributed by atoms with Crippen LogP contribution in [0.25, 0.3) is 10.2 Å². The third-order valence-electron chi connectivity index (χ3n) is 6.77. The Bertz CT molecular complexity index is 1640. The van der Waals surface area contributed by atoms with Gasteiger partial charge in [-0.15, -0.1) is 0 Å². The summed E-state index contributed by atoms with van der Waals surface area (Å²) in [6.45, 7) is 6.33. The molecular formula is C29H35N7O4S2. The Morgan fingerprint density at radius 2 is 1.71 bits per heavy atom. The number of fused-ring (bicyclic) bond motifs is 1. The zero-order valence-corrected chi connectivity index (χ0v) is 25.5. The zero-order chi connectivity index (χ0) is 29.9. The first kappa shape index (κ1) is 29.7. The number of thiazole rings is 1. The van der Waals surface area contributed by atoms with Crippen molar-refractivity contribution in [1.29, 1.82) is 0 Å². The number of aryl methyl sites for hydroxylation is 2. The van der Waals surface area contributed by atoms with Crippen molar-refractivity contribution in [2.75, 3.05) is 24.1 Å². The Hall–Kier alpha value is -3.81. The number of sulfonamides is 1. The van der Waals surface area contributed by atoms with Crippen molar-refractivity contribution in [2.45, 2.75) is 63.0 Å². The van der Waals surface area contributed by atoms with Gasteiger partial charge in [0.2, 0.25) is 16.0 Å². The zero-order valence-electron chi connectivity index (χ0n) is 23.8. The van der Waals surface area contributed by atoms with Gasteiger partial charge < -0.3 is 20.7 Å². The van der Waals surface area contributed by atoms with Gasteiger partial charge >= 0.3 is 6.09 Å². The summed E-state index contributed by atoms with van der Waals surface area (Å²) < 4.78 is 35.2. The molecule has 222 valence electrons. The normalized spacial score (nSPS) is 14.7. The molecule has 1 amide bonds. The molecule has 0 spiro atoms. The molecule has 42 heavy (non-hydrogen) atoms. The number of ether oxygens (including phenoxy) is 1. The van der Waals surface area contributed by atoms with Crippen molar-refractivity contribution >= 4 is 54.4 Å². The Balaban J connectivity index is 1.10. The fraction of sp³-hybridized carbons (Fsp3) is 0.379. The van der Waals surface area contributed by atoms with E-state index in [-0.39, 0.29) is 17.0 Å². The monoisotopic (exact) mass is 609 g/mol. The van der Waals surface area contributed by atoms with Crippen molar-refractivity contribution < 1.29 is 17.9 Å². The van der Waals surface area contributed by atoms with Crippen LogP contribution in [0.1, 0.15) is 44.7 Å². The first-order valence-corrected chi connectivity index (χ1v) is 16.1. The van der Waals surface area contributed by atoms with E-state index in [1.165, 1.54) is 16.9 Å². The number of anilines is 3. The van der Waals surface area contributed by atoms with Crippen LogP contribution >= 0.6 is 11.3 Å². The first-order valence-electron chi connectivity index (χ1n) is 13.8. The lowest BCUT2D eigenvalue weighted by Crippen LogP contribution is -2.47. The number of hydrogen-bond acceptors (Lipinski definition) is 10. The van der Waals surface area contributed by atoms with Gasteiger partial charge in [-0.25, -0.2) is 32.9 Å². The van der Waals surface area contributed by atoms with Crippen molar-refractivity contribution in [2.24, 2.45) is 0 Å². The molecule has 5 rings (SSSR count). The molecule has 2 aromatic heterocycles. The van der Waals surface area contributed by atoms with E-state index in [0.717, 1.165) is 28.6 Å². The van der Waals surface area contributed by atoms with Gasteiger partial charge in [-0.3, -0.25) is 0 Å². The predicted octanol–water partition coefficient (Wildman–Crippen LogP) is 4.88. The van der Waals surface area contributed by atoms with Crippen LogP contribution in [0.15, 0.2) is 59.8 Å². The number of rotatable bonds is 8. The van der Waals surface area contributed by atoms with Crippen LogP contribution in [0.2, 0.25) is 0 Å². The summed E-state index contributed by atoms with van der Waals surface area (Å²) in [5, 5.41) is 3.68. The smallest absolute Gasteiger partial charge is 0.410 e. The number of carbonyl (C=O) groups excluding carboxylic acids is 1. The van der Waals surface area contributed by atoms with Gasteiger partial charge in [-0.2, -0.15) is 0 Å². The molecule has 1 aliphatic rings. The van der Waals surface area contributed by atoms with E-state index < -0.39 is 15.6 Å². The molecule has 4 N–H and O–H groups in total. The third-order valence-corrected chi connectivity index (χ3v) is 9.15. The number of amides is 1. The molecule has 3 heterocycles. The van der Waals surface area contributed by atoms with Gasteiger partial charge in [0, 0.05) is 37.2 Å². The Kier molecular flexibility index (Phi) is 8.62. The van der Waals surface area contributed by atoms with Crippen LogP contribution < -0.4 is 15.8 Å². The molecule has 0 radical (unpaired) electrons. The van der Waals surface area contributed by atoms with Crippen LogP contribution in [0.5, 0.6) is 0 Å². The summed E-state index contributed by atoms with van der Waals surface area (Å²) in [5.41, 5.74) is 9.03. The molecule has 1 fully saturated rings. The second kappa shape index (κ2) is 12.2. The maximum atomic E-state index is 13.0. The van der Waals surface area contributed by atoms with Crippen LogP contribution in [-0.2, 0) is 27.6 Å². The quantitative estimate of drug-likeness (QED) is 0.254. The number of carbonyl (C=O) groups is 1. The molecule has 2 aromatic carbocycles. The number of piperidine rings is 1. The fourth-order valence-electron chi connectivity index (χ4n) is 4.62. The van der Waals surface area contributed by atoms with Gasteiger partial charge in [0.15, 0.2) is 5.13 Å². The van der Waals surface area contributed by atoms with Crippen molar-refractivity contribution in [3.05, 3.63) is 66.0 Å². The van der Waals surface area contributed by atoms with E-state index in [4.69, 9.17) is 10.5 Å². The molecule has 0 unspecified atom stereocenters. The molecule has 4 aromatic rings. The number of hydrogen-bond donors (Lipinski definition) is 3. The van der Waals surface area contributed by atoms with Gasteiger partial charge in [-0.05, 0) is 94.0 Å². The van der Waals surface area contributed by atoms with Crippen LogP contribution in [-0.4, -0.2) is 59.1 Å². The summed E-state index contributed by atoms with van der Waals surface area (Å²) in [6, 6.07) is 12.4. The number of aromatic nitrogens is 3. The molecule has 0 saturated carbocycles. The highest BCUT2D eigenvalue weighted by Crippen LogP contribution is 2.25. The van der Waals surface area contributed by atoms with Crippen molar-refractivity contribution in [1.82, 2.24) is 24.6 Å². The summed E-state index contributed by atoms with van der Waals surface area (Å²) in [4.78, 5) is 27.2. The number of benzene rings is 2. The third kappa shape index (κ3) is 7.72. The summed E-state index contributed by atoms with van der Waals surface area (Å²) >= 11 is 1.48. The lowest BCUT2D eigenvalue weighted by atomic mass is 10.1. The highest BCUT2D eigenvalue weighted by atomic mass is 32.2. The standard InChI is InChI=1S/C29H35N7O4S2/c1-29(2,3)40-28(37)36-14-12-22(13-15-36)35-42(38,39)23-9-7-21(8-10-23)33-27-31-17-20(18-32-27)5-4-19-6-11-24-25(16-19)41-26(30)34-24/h6-11,16-18,22,35H,4-5,12-15H2,1-3H3,(H2,30,34)(H,31,32,33). The average Bonchev–Trinajstić information content (AvgIpc) is 3.31. The Labute approximate surface area is 249 Å². The van der Waals surface area contributed by atoms with E-state index in [2.05, 4.69) is 37.1 Å². The number of likely N-dealkylation sites (tertiary alicyclic amines) is 1. The maximum absolute atomic E-state index is 13.0. The molecule has 13 heteroatoms. The second-order valence-electron chi connectivity index (χ2n) is 11.3. The van der Waals surface area contributed by atoms with Crippen LogP contribution in [0, 0.1) is 0 Å². The van der Waals surface area contributed by atoms with Gasteiger partial charge in [0.05, 0.1) is 15.1 Å². The van der Waals surface area contributed by atoms with Crippen molar-refractivity contribution in [3.8, 4) is 0 Å². The predicted molar refractivity (Wildman–Crippen MR) is 164 cm³/mol. The van der Waals surface area contributed by atoms with E-state index in [1.807, 2.05) is 26.8 Å². The number of nitrogens with two attached hydrogens (primary N) is 1. The highest BCUT2D eigenvalue weighted by molar-refractivity contribution is 7.89. The van der Waals surface area contributed by atoms with E-state index in [9.17, 15) is 13.2 Å². The topological polar surface area (TPSA) is 152 Å². The molecular weight excluding hydrogens is 574 g/mol. The minimum Gasteiger partial charge on any atom is -0.444 e. The molecule has 0 atom stereocenters.